The van der Waals surface area contributed by atoms with Crippen LogP contribution >= 0.6 is 39.1 Å². The van der Waals surface area contributed by atoms with Gasteiger partial charge in [-0.25, -0.2) is 0 Å². The van der Waals surface area contributed by atoms with E-state index >= 15 is 0 Å². The van der Waals surface area contributed by atoms with E-state index in [4.69, 9.17) is 28.3 Å². The van der Waals surface area contributed by atoms with Gasteiger partial charge in [-0.15, -0.1) is 0 Å². The lowest BCUT2D eigenvalue weighted by Gasteiger charge is -2.09. The van der Waals surface area contributed by atoms with Gasteiger partial charge in [0.15, 0.2) is 0 Å². The Labute approximate surface area is 107 Å². The number of hydrogen-bond donors (Lipinski definition) is 2. The van der Waals surface area contributed by atoms with E-state index in [1.165, 1.54) is 0 Å². The van der Waals surface area contributed by atoms with Gasteiger partial charge < -0.3 is 10.4 Å². The molecule has 5 heteroatoms. The van der Waals surface area contributed by atoms with Crippen molar-refractivity contribution in [3.8, 4) is 0 Å². The van der Waals surface area contributed by atoms with Crippen molar-refractivity contribution in [2.24, 2.45) is 0 Å². The van der Waals surface area contributed by atoms with Crippen LogP contribution in [0.1, 0.15) is 12.0 Å². The number of benzene rings is 1. The highest BCUT2D eigenvalue weighted by Gasteiger charge is 2.25. The van der Waals surface area contributed by atoms with Crippen molar-refractivity contribution in [1.29, 1.82) is 0 Å². The van der Waals surface area contributed by atoms with Crippen molar-refractivity contribution in [2.45, 2.75) is 18.9 Å². The first-order chi connectivity index (χ1) is 7.13. The molecule has 1 aliphatic rings. The minimum Gasteiger partial charge on any atom is -0.396 e. The molecular weight excluding hydrogens is 301 g/mol. The summed E-state index contributed by atoms with van der Waals surface area (Å²) in [7, 11) is 0. The number of aliphatic hydroxyl groups is 1. The van der Waals surface area contributed by atoms with Crippen LogP contribution in [0.2, 0.25) is 10.0 Å². The second-order valence-electron chi connectivity index (χ2n) is 3.57. The Balaban J connectivity index is 2.36. The summed E-state index contributed by atoms with van der Waals surface area (Å²) in [6.45, 7) is 0.175. The van der Waals surface area contributed by atoms with E-state index in [0.29, 0.717) is 10.0 Å². The van der Waals surface area contributed by atoms with Crippen LogP contribution in [-0.4, -0.2) is 17.8 Å². The molecule has 2 rings (SSSR count). The summed E-state index contributed by atoms with van der Waals surface area (Å²) >= 11 is 15.5. The van der Waals surface area contributed by atoms with Crippen molar-refractivity contribution < 1.29 is 5.11 Å². The lowest BCUT2D eigenvalue weighted by atomic mass is 10.1. The molecule has 0 bridgehead atoms. The van der Waals surface area contributed by atoms with E-state index in [1.807, 2.05) is 6.07 Å². The molecule has 1 heterocycles. The van der Waals surface area contributed by atoms with Crippen molar-refractivity contribution >= 4 is 44.8 Å². The smallest absolute Gasteiger partial charge is 0.0827 e. The summed E-state index contributed by atoms with van der Waals surface area (Å²) in [5.41, 5.74) is 2.04. The summed E-state index contributed by atoms with van der Waals surface area (Å²) in [4.78, 5) is 0. The molecule has 0 spiro atoms. The van der Waals surface area contributed by atoms with Crippen LogP contribution < -0.4 is 5.32 Å². The summed E-state index contributed by atoms with van der Waals surface area (Å²) < 4.78 is 0.972. The monoisotopic (exact) mass is 309 g/mol. The molecule has 15 heavy (non-hydrogen) atoms. The number of nitrogens with one attached hydrogen (secondary N) is 1. The number of rotatable bonds is 2. The topological polar surface area (TPSA) is 32.3 Å². The largest absolute Gasteiger partial charge is 0.396 e. The van der Waals surface area contributed by atoms with Gasteiger partial charge in [0.05, 0.1) is 15.7 Å². The third kappa shape index (κ3) is 2.11. The summed E-state index contributed by atoms with van der Waals surface area (Å²) in [6.07, 6.45) is 1.59. The van der Waals surface area contributed by atoms with Gasteiger partial charge in [-0.2, -0.15) is 0 Å². The summed E-state index contributed by atoms with van der Waals surface area (Å²) in [5, 5.41) is 13.3. The van der Waals surface area contributed by atoms with Gasteiger partial charge in [-0.3, -0.25) is 0 Å². The predicted octanol–water partition coefficient (Wildman–Crippen LogP) is 3.47. The molecule has 82 valence electrons. The van der Waals surface area contributed by atoms with Crippen LogP contribution in [0.5, 0.6) is 0 Å². The second-order valence-corrected chi connectivity index (χ2v) is 5.20. The highest BCUT2D eigenvalue weighted by atomic mass is 79.9. The van der Waals surface area contributed by atoms with Gasteiger partial charge >= 0.3 is 0 Å². The number of halogens is 3. The van der Waals surface area contributed by atoms with Crippen LogP contribution in [0, 0.1) is 0 Å². The SMILES string of the molecule is OCCC1Cc2c(Br)cc(Cl)c(Cl)c2N1. The van der Waals surface area contributed by atoms with Crippen molar-refractivity contribution in [2.75, 3.05) is 11.9 Å². The third-order valence-electron chi connectivity index (χ3n) is 2.55. The fraction of sp³-hybridized carbons (Fsp3) is 0.400. The van der Waals surface area contributed by atoms with Gasteiger partial charge in [0.2, 0.25) is 0 Å². The molecule has 1 aromatic rings. The van der Waals surface area contributed by atoms with Gasteiger partial charge in [0.25, 0.3) is 0 Å². The van der Waals surface area contributed by atoms with Crippen molar-refractivity contribution in [3.05, 3.63) is 26.1 Å². The molecule has 1 unspecified atom stereocenters. The highest BCUT2D eigenvalue weighted by Crippen LogP contribution is 2.42. The highest BCUT2D eigenvalue weighted by molar-refractivity contribution is 9.10. The summed E-state index contributed by atoms with van der Waals surface area (Å²) in [5.74, 6) is 0. The minimum absolute atomic E-state index is 0.175. The first kappa shape index (κ1) is 11.5. The Bertz CT molecular complexity index is 397. The molecule has 0 fully saturated rings. The Kier molecular flexibility index (Phi) is 3.45. The van der Waals surface area contributed by atoms with Crippen LogP contribution in [0.25, 0.3) is 0 Å². The zero-order chi connectivity index (χ0) is 11.0. The molecule has 0 aliphatic carbocycles. The maximum absolute atomic E-state index is 8.89. The van der Waals surface area contributed by atoms with E-state index < -0.39 is 0 Å². The maximum atomic E-state index is 8.89. The first-order valence-electron chi connectivity index (χ1n) is 4.67. The molecule has 1 aliphatic heterocycles. The second kappa shape index (κ2) is 4.50. The fourth-order valence-electron chi connectivity index (χ4n) is 1.81. The van der Waals surface area contributed by atoms with Gasteiger partial charge in [0, 0.05) is 17.1 Å². The van der Waals surface area contributed by atoms with Gasteiger partial charge in [-0.05, 0) is 24.5 Å². The maximum Gasteiger partial charge on any atom is 0.0827 e. The van der Waals surface area contributed by atoms with E-state index in [9.17, 15) is 0 Å². The van der Waals surface area contributed by atoms with Gasteiger partial charge in [0.1, 0.15) is 0 Å². The Morgan fingerprint density at radius 2 is 2.27 bits per heavy atom. The molecule has 0 radical (unpaired) electrons. The predicted molar refractivity (Wildman–Crippen MR) is 67.0 cm³/mol. The van der Waals surface area contributed by atoms with E-state index in [2.05, 4.69) is 21.2 Å². The normalized spacial score (nSPS) is 18.8. The van der Waals surface area contributed by atoms with Crippen LogP contribution in [0.15, 0.2) is 10.5 Å². The van der Waals surface area contributed by atoms with E-state index in [1.54, 1.807) is 0 Å². The van der Waals surface area contributed by atoms with Crippen LogP contribution in [-0.2, 0) is 6.42 Å². The lowest BCUT2D eigenvalue weighted by molar-refractivity contribution is 0.280. The third-order valence-corrected chi connectivity index (χ3v) is 4.04. The molecule has 2 nitrogen and oxygen atoms in total. The lowest BCUT2D eigenvalue weighted by Crippen LogP contribution is -2.16. The zero-order valence-corrected chi connectivity index (χ0v) is 11.0. The number of hydrogen-bond acceptors (Lipinski definition) is 2. The first-order valence-corrected chi connectivity index (χ1v) is 6.22. The quantitative estimate of drug-likeness (QED) is 0.820. The number of aliphatic hydroxyl groups excluding tert-OH is 1. The van der Waals surface area contributed by atoms with E-state index in [-0.39, 0.29) is 12.6 Å². The molecule has 0 aromatic heterocycles. The van der Waals surface area contributed by atoms with Crippen LogP contribution in [0.3, 0.4) is 0 Å². The van der Waals surface area contributed by atoms with Crippen molar-refractivity contribution in [1.82, 2.24) is 0 Å². The Morgan fingerprint density at radius 1 is 1.53 bits per heavy atom. The molecule has 1 atom stereocenters. The fourth-order valence-corrected chi connectivity index (χ4v) is 2.96. The standard InChI is InChI=1S/C10H10BrCl2NO/c11-7-4-8(12)9(13)10-6(7)3-5(14-10)1-2-15/h4-5,14-15H,1-3H2. The Hall–Kier alpha value is 0.0400. The average Bonchev–Trinajstić information content (AvgIpc) is 2.60. The number of fused-ring (bicyclic) bond motifs is 1. The molecule has 0 saturated carbocycles. The van der Waals surface area contributed by atoms with Crippen molar-refractivity contribution in [3.63, 3.8) is 0 Å². The van der Waals surface area contributed by atoms with Crippen LogP contribution in [0.4, 0.5) is 5.69 Å². The zero-order valence-electron chi connectivity index (χ0n) is 7.86. The summed E-state index contributed by atoms with van der Waals surface area (Å²) in [6, 6.07) is 2.06. The number of anilines is 1. The molecule has 1 aromatic carbocycles. The minimum atomic E-state index is 0.175. The molecule has 2 N–H and O–H groups in total. The molecule has 0 saturated heterocycles. The van der Waals surface area contributed by atoms with Gasteiger partial charge in [-0.1, -0.05) is 39.1 Å². The van der Waals surface area contributed by atoms with E-state index in [0.717, 1.165) is 28.6 Å². The molecule has 0 amide bonds. The Morgan fingerprint density at radius 3 is 2.93 bits per heavy atom. The average molecular weight is 311 g/mol. The molecular formula is C10H10BrCl2NO.